The lowest BCUT2D eigenvalue weighted by atomic mass is 10.2. The minimum Gasteiger partial charge on any atom is -0.377 e. The molecular weight excluding hydrogens is 413 g/mol. The second-order valence-corrected chi connectivity index (χ2v) is 8.23. The van der Waals surface area contributed by atoms with Crippen LogP contribution in [-0.2, 0) is 10.1 Å². The number of nitrogens with zero attached hydrogens (tertiary/aromatic N) is 2. The molecule has 0 saturated heterocycles. The maximum atomic E-state index is 12.7. The van der Waals surface area contributed by atoms with Gasteiger partial charge in [0.15, 0.2) is 11.4 Å². The zero-order valence-corrected chi connectivity index (χ0v) is 16.1. The van der Waals surface area contributed by atoms with Crippen molar-refractivity contribution in [3.8, 4) is 5.75 Å². The van der Waals surface area contributed by atoms with Crippen LogP contribution >= 0.6 is 23.2 Å². The molecule has 138 valence electrons. The van der Waals surface area contributed by atoms with Gasteiger partial charge in [-0.2, -0.15) is 8.42 Å². The first kappa shape index (κ1) is 17.8. The molecule has 0 aliphatic carbocycles. The number of nitrogens with one attached hydrogen (secondary N) is 1. The summed E-state index contributed by atoms with van der Waals surface area (Å²) in [6.07, 6.45) is 0. The molecule has 0 amide bonds. The van der Waals surface area contributed by atoms with Crippen LogP contribution in [0, 0.1) is 6.92 Å². The van der Waals surface area contributed by atoms with E-state index in [-0.39, 0.29) is 21.1 Å². The second-order valence-electron chi connectivity index (χ2n) is 5.84. The van der Waals surface area contributed by atoms with E-state index in [1.165, 1.54) is 40.9 Å². The summed E-state index contributed by atoms with van der Waals surface area (Å²) in [4.78, 5) is 16.8. The Kier molecular flexibility index (Phi) is 4.14. The molecule has 2 aromatic carbocycles. The van der Waals surface area contributed by atoms with E-state index in [1.54, 1.807) is 13.0 Å². The number of fused-ring (bicyclic) bond motifs is 2. The van der Waals surface area contributed by atoms with E-state index in [0.717, 1.165) is 5.69 Å². The van der Waals surface area contributed by atoms with Gasteiger partial charge in [-0.15, -0.1) is 0 Å². The lowest BCUT2D eigenvalue weighted by molar-refractivity contribution is 0.486. The van der Waals surface area contributed by atoms with Gasteiger partial charge in [0.25, 0.3) is 5.56 Å². The minimum atomic E-state index is -4.22. The fourth-order valence-electron chi connectivity index (χ4n) is 2.65. The van der Waals surface area contributed by atoms with Crippen LogP contribution in [0.15, 0.2) is 52.2 Å². The molecule has 0 saturated carbocycles. The Balaban J connectivity index is 1.84. The zero-order chi connectivity index (χ0) is 19.3. The number of benzene rings is 2. The standard InChI is InChI=1S/C17H11Cl2N3O4S/c1-9-6-16-20-14-4-3-11(8-12(14)17(23)22(16)21-9)27(24,25)26-15-5-2-10(18)7-13(15)19/h2-8,21H,1H3. The third-order valence-electron chi connectivity index (χ3n) is 3.88. The van der Waals surface area contributed by atoms with Crippen molar-refractivity contribution in [3.05, 3.63) is 68.6 Å². The van der Waals surface area contributed by atoms with Gasteiger partial charge in [0.2, 0.25) is 0 Å². The molecule has 7 nitrogen and oxygen atoms in total. The average molecular weight is 424 g/mol. The molecule has 4 rings (SSSR count). The average Bonchev–Trinajstić information content (AvgIpc) is 2.98. The Labute approximate surface area is 163 Å². The van der Waals surface area contributed by atoms with E-state index in [4.69, 9.17) is 27.4 Å². The summed E-state index contributed by atoms with van der Waals surface area (Å²) < 4.78 is 31.6. The van der Waals surface area contributed by atoms with Gasteiger partial charge in [0.1, 0.15) is 4.90 Å². The fourth-order valence-corrected chi connectivity index (χ4v) is 4.12. The Morgan fingerprint density at radius 3 is 2.63 bits per heavy atom. The van der Waals surface area contributed by atoms with E-state index in [1.807, 2.05) is 0 Å². The quantitative estimate of drug-likeness (QED) is 0.508. The predicted octanol–water partition coefficient (Wildman–Crippen LogP) is 3.56. The lowest BCUT2D eigenvalue weighted by Crippen LogP contribution is -2.16. The molecule has 0 aliphatic heterocycles. The van der Waals surface area contributed by atoms with E-state index in [0.29, 0.717) is 16.2 Å². The number of hydrogen-bond donors (Lipinski definition) is 1. The molecule has 0 aliphatic rings. The van der Waals surface area contributed by atoms with Crippen LogP contribution in [-0.4, -0.2) is 23.0 Å². The maximum Gasteiger partial charge on any atom is 0.339 e. The van der Waals surface area contributed by atoms with Gasteiger partial charge in [0, 0.05) is 16.8 Å². The van der Waals surface area contributed by atoms with Crippen LogP contribution in [0.2, 0.25) is 10.0 Å². The number of aromatic nitrogens is 3. The fraction of sp³-hybridized carbons (Fsp3) is 0.0588. The lowest BCUT2D eigenvalue weighted by Gasteiger charge is -2.09. The largest absolute Gasteiger partial charge is 0.377 e. The smallest absolute Gasteiger partial charge is 0.339 e. The number of aromatic amines is 1. The molecule has 2 heterocycles. The number of rotatable bonds is 3. The normalized spacial score (nSPS) is 12.0. The van der Waals surface area contributed by atoms with Crippen molar-refractivity contribution in [1.29, 1.82) is 0 Å². The molecule has 0 unspecified atom stereocenters. The van der Waals surface area contributed by atoms with Crippen molar-refractivity contribution in [2.45, 2.75) is 11.8 Å². The summed E-state index contributed by atoms with van der Waals surface area (Å²) in [5.41, 5.74) is 1.17. The van der Waals surface area contributed by atoms with E-state index < -0.39 is 15.7 Å². The van der Waals surface area contributed by atoms with Crippen LogP contribution < -0.4 is 9.74 Å². The Hall–Kier alpha value is -2.55. The molecule has 1 N–H and O–H groups in total. The van der Waals surface area contributed by atoms with Crippen molar-refractivity contribution in [1.82, 2.24) is 14.6 Å². The number of H-pyrrole nitrogens is 1. The Morgan fingerprint density at radius 2 is 1.89 bits per heavy atom. The summed E-state index contributed by atoms with van der Waals surface area (Å²) >= 11 is 11.8. The number of halogens is 2. The third-order valence-corrected chi connectivity index (χ3v) is 5.64. The molecule has 0 spiro atoms. The van der Waals surface area contributed by atoms with Crippen molar-refractivity contribution >= 4 is 49.9 Å². The molecule has 0 fully saturated rings. The molecule has 27 heavy (non-hydrogen) atoms. The highest BCUT2D eigenvalue weighted by Crippen LogP contribution is 2.30. The van der Waals surface area contributed by atoms with Crippen LogP contribution in [0.25, 0.3) is 16.6 Å². The second kappa shape index (κ2) is 6.26. The van der Waals surface area contributed by atoms with Crippen molar-refractivity contribution < 1.29 is 12.6 Å². The van der Waals surface area contributed by atoms with Crippen molar-refractivity contribution in [2.24, 2.45) is 0 Å². The van der Waals surface area contributed by atoms with E-state index in [9.17, 15) is 13.2 Å². The van der Waals surface area contributed by atoms with Gasteiger partial charge in [0.05, 0.1) is 15.9 Å². The van der Waals surface area contributed by atoms with Gasteiger partial charge in [-0.3, -0.25) is 9.89 Å². The summed E-state index contributed by atoms with van der Waals surface area (Å²) in [6.45, 7) is 1.79. The summed E-state index contributed by atoms with van der Waals surface area (Å²) in [5.74, 6) is -0.0635. The first-order chi connectivity index (χ1) is 12.7. The van der Waals surface area contributed by atoms with Gasteiger partial charge in [-0.05, 0) is 43.3 Å². The van der Waals surface area contributed by atoms with Crippen LogP contribution in [0.5, 0.6) is 5.75 Å². The molecule has 2 aromatic heterocycles. The van der Waals surface area contributed by atoms with Crippen molar-refractivity contribution in [2.75, 3.05) is 0 Å². The van der Waals surface area contributed by atoms with E-state index in [2.05, 4.69) is 10.1 Å². The Bertz CT molecular complexity index is 1380. The number of aryl methyl sites for hydroxylation is 1. The van der Waals surface area contributed by atoms with Crippen LogP contribution in [0.3, 0.4) is 0 Å². The maximum absolute atomic E-state index is 12.7. The van der Waals surface area contributed by atoms with Gasteiger partial charge >= 0.3 is 10.1 Å². The van der Waals surface area contributed by atoms with Gasteiger partial charge in [-0.1, -0.05) is 23.2 Å². The first-order valence-electron chi connectivity index (χ1n) is 7.66. The van der Waals surface area contributed by atoms with Gasteiger partial charge < -0.3 is 4.18 Å². The van der Waals surface area contributed by atoms with E-state index >= 15 is 0 Å². The molecule has 0 bridgehead atoms. The topological polar surface area (TPSA) is 93.5 Å². The molecule has 0 radical (unpaired) electrons. The summed E-state index contributed by atoms with van der Waals surface area (Å²) in [5, 5.41) is 3.40. The van der Waals surface area contributed by atoms with Crippen LogP contribution in [0.1, 0.15) is 5.69 Å². The molecule has 4 aromatic rings. The molecule has 0 atom stereocenters. The zero-order valence-electron chi connectivity index (χ0n) is 13.7. The highest BCUT2D eigenvalue weighted by atomic mass is 35.5. The first-order valence-corrected chi connectivity index (χ1v) is 9.83. The third kappa shape index (κ3) is 3.16. The predicted molar refractivity (Wildman–Crippen MR) is 102 cm³/mol. The monoisotopic (exact) mass is 423 g/mol. The van der Waals surface area contributed by atoms with Crippen LogP contribution in [0.4, 0.5) is 0 Å². The SMILES string of the molecule is Cc1cc2nc3ccc(S(=O)(=O)Oc4ccc(Cl)cc4Cl)cc3c(=O)n2[nH]1. The minimum absolute atomic E-state index is 0.0529. The summed E-state index contributed by atoms with van der Waals surface area (Å²) in [7, 11) is -4.22. The summed E-state index contributed by atoms with van der Waals surface area (Å²) in [6, 6.07) is 9.91. The van der Waals surface area contributed by atoms with Gasteiger partial charge in [-0.25, -0.2) is 9.50 Å². The highest BCUT2D eigenvalue weighted by molar-refractivity contribution is 7.87. The molecule has 10 heteroatoms. The molecular formula is C17H11Cl2N3O4S. The van der Waals surface area contributed by atoms with Crippen molar-refractivity contribution in [3.63, 3.8) is 0 Å². The Morgan fingerprint density at radius 1 is 1.11 bits per heavy atom. The number of hydrogen-bond acceptors (Lipinski definition) is 5. The highest BCUT2D eigenvalue weighted by Gasteiger charge is 2.20.